The fourth-order valence-electron chi connectivity index (χ4n) is 4.83. The van der Waals surface area contributed by atoms with Gasteiger partial charge in [0.1, 0.15) is 11.5 Å². The number of hydrogen-bond donors (Lipinski definition) is 0. The number of rotatable bonds is 2. The molecule has 1 spiro atoms. The first-order valence-electron chi connectivity index (χ1n) is 10.7. The monoisotopic (exact) mass is 424 g/mol. The number of nitrogens with zero attached hydrogens (tertiary/aromatic N) is 4. The lowest BCUT2D eigenvalue weighted by Gasteiger charge is -2.27. The molecule has 2 aliphatic rings. The van der Waals surface area contributed by atoms with Gasteiger partial charge in [0.2, 0.25) is 0 Å². The summed E-state index contributed by atoms with van der Waals surface area (Å²) in [6.45, 7) is 1.99. The van der Waals surface area contributed by atoms with Crippen molar-refractivity contribution in [3.8, 4) is 28.1 Å². The number of benzene rings is 2. The predicted octanol–water partition coefficient (Wildman–Crippen LogP) is 5.12. The molecule has 3 heterocycles. The van der Waals surface area contributed by atoms with Gasteiger partial charge >= 0.3 is 0 Å². The summed E-state index contributed by atoms with van der Waals surface area (Å²) >= 11 is 0. The molecule has 32 heavy (non-hydrogen) atoms. The average molecular weight is 424 g/mol. The van der Waals surface area contributed by atoms with E-state index in [1.54, 1.807) is 29.1 Å². The molecule has 2 aromatic carbocycles. The van der Waals surface area contributed by atoms with E-state index in [2.05, 4.69) is 23.2 Å². The first-order chi connectivity index (χ1) is 15.5. The quantitative estimate of drug-likeness (QED) is 0.449. The molecule has 6 rings (SSSR count). The normalized spacial score (nSPS) is 16.0. The van der Waals surface area contributed by atoms with Crippen LogP contribution in [0.5, 0.6) is 0 Å². The van der Waals surface area contributed by atoms with Gasteiger partial charge in [-0.15, -0.1) is 0 Å². The van der Waals surface area contributed by atoms with Gasteiger partial charge in [-0.2, -0.15) is 5.10 Å². The Labute approximate surface area is 185 Å². The van der Waals surface area contributed by atoms with Crippen molar-refractivity contribution in [2.45, 2.75) is 25.3 Å². The molecule has 6 heteroatoms. The number of pyridine rings is 1. The van der Waals surface area contributed by atoms with Crippen LogP contribution in [-0.2, 0) is 5.54 Å². The number of aromatic nitrogens is 3. The van der Waals surface area contributed by atoms with E-state index in [0.717, 1.165) is 40.9 Å². The van der Waals surface area contributed by atoms with E-state index in [9.17, 15) is 9.18 Å². The minimum atomic E-state index is -0.333. The molecule has 5 nitrogen and oxygen atoms in total. The maximum Gasteiger partial charge on any atom is 0.273 e. The van der Waals surface area contributed by atoms with Crippen LogP contribution in [0.4, 0.5) is 4.39 Å². The lowest BCUT2D eigenvalue weighted by Crippen LogP contribution is -2.36. The van der Waals surface area contributed by atoms with Crippen LogP contribution >= 0.6 is 0 Å². The van der Waals surface area contributed by atoms with Crippen molar-refractivity contribution >= 4 is 5.91 Å². The third-order valence-corrected chi connectivity index (χ3v) is 6.76. The molecular weight excluding hydrogens is 403 g/mol. The topological polar surface area (TPSA) is 51.0 Å². The standard InChI is InChI=1S/C26H21FN4O/c1-16-20(7-4-12-28-16)17-8-9-21-23(14-17)31-24(25(32)30(2)26(21)10-11-26)15-22(29-31)18-5-3-6-19(27)13-18/h3-9,12-15H,10-11H2,1-2H3. The summed E-state index contributed by atoms with van der Waals surface area (Å²) in [6.07, 6.45) is 3.64. The predicted molar refractivity (Wildman–Crippen MR) is 120 cm³/mol. The van der Waals surface area contributed by atoms with Crippen LogP contribution in [0.1, 0.15) is 34.6 Å². The summed E-state index contributed by atoms with van der Waals surface area (Å²) in [6, 6.07) is 18.3. The zero-order valence-electron chi connectivity index (χ0n) is 17.8. The fraction of sp³-hybridized carbons (Fsp3) is 0.192. The highest BCUT2D eigenvalue weighted by atomic mass is 19.1. The Morgan fingerprint density at radius 3 is 2.59 bits per heavy atom. The number of aryl methyl sites for hydroxylation is 1. The number of carbonyl (C=O) groups excluding carboxylic acids is 1. The van der Waals surface area contributed by atoms with Crippen LogP contribution in [0.15, 0.2) is 66.9 Å². The summed E-state index contributed by atoms with van der Waals surface area (Å²) in [4.78, 5) is 19.7. The fourth-order valence-corrected chi connectivity index (χ4v) is 4.83. The lowest BCUT2D eigenvalue weighted by atomic mass is 9.96. The van der Waals surface area contributed by atoms with Crippen molar-refractivity contribution < 1.29 is 9.18 Å². The first kappa shape index (κ1) is 18.9. The second-order valence-corrected chi connectivity index (χ2v) is 8.60. The maximum atomic E-state index is 13.9. The Kier molecular flexibility index (Phi) is 3.90. The van der Waals surface area contributed by atoms with Gasteiger partial charge in [0.05, 0.1) is 16.9 Å². The number of carbonyl (C=O) groups is 1. The maximum absolute atomic E-state index is 13.9. The van der Waals surface area contributed by atoms with Crippen molar-refractivity contribution in [1.29, 1.82) is 0 Å². The van der Waals surface area contributed by atoms with Gasteiger partial charge in [-0.3, -0.25) is 9.78 Å². The summed E-state index contributed by atoms with van der Waals surface area (Å²) in [7, 11) is 1.86. The number of halogens is 1. The van der Waals surface area contributed by atoms with E-state index in [1.807, 2.05) is 31.0 Å². The molecule has 158 valence electrons. The zero-order chi connectivity index (χ0) is 22.0. The van der Waals surface area contributed by atoms with Gasteiger partial charge in [0, 0.05) is 35.6 Å². The summed E-state index contributed by atoms with van der Waals surface area (Å²) in [5.74, 6) is -0.409. The molecule has 0 N–H and O–H groups in total. The molecule has 1 aliphatic heterocycles. The largest absolute Gasteiger partial charge is 0.331 e. The highest BCUT2D eigenvalue weighted by Gasteiger charge is 2.53. The molecule has 1 saturated carbocycles. The smallest absolute Gasteiger partial charge is 0.273 e. The Bertz CT molecular complexity index is 1400. The Morgan fingerprint density at radius 2 is 1.84 bits per heavy atom. The second-order valence-electron chi connectivity index (χ2n) is 8.60. The van der Waals surface area contributed by atoms with Crippen LogP contribution in [0, 0.1) is 12.7 Å². The van der Waals surface area contributed by atoms with Crippen molar-refractivity contribution in [2.24, 2.45) is 0 Å². The molecule has 1 amide bonds. The van der Waals surface area contributed by atoms with Crippen molar-refractivity contribution in [2.75, 3.05) is 7.05 Å². The number of amides is 1. The van der Waals surface area contributed by atoms with E-state index in [1.165, 1.54) is 12.1 Å². The highest BCUT2D eigenvalue weighted by Crippen LogP contribution is 2.54. The van der Waals surface area contributed by atoms with Gasteiger partial charge in [-0.25, -0.2) is 9.07 Å². The van der Waals surface area contributed by atoms with Gasteiger partial charge in [-0.1, -0.05) is 30.3 Å². The second kappa shape index (κ2) is 6.60. The summed E-state index contributed by atoms with van der Waals surface area (Å²) < 4.78 is 15.6. The Morgan fingerprint density at radius 1 is 1.00 bits per heavy atom. The molecule has 1 fully saturated rings. The van der Waals surface area contributed by atoms with Crippen LogP contribution in [-0.4, -0.2) is 32.6 Å². The minimum Gasteiger partial charge on any atom is -0.331 e. The third-order valence-electron chi connectivity index (χ3n) is 6.76. The van der Waals surface area contributed by atoms with Gasteiger partial charge in [-0.05, 0) is 55.7 Å². The summed E-state index contributed by atoms with van der Waals surface area (Å²) in [5, 5.41) is 4.79. The van der Waals surface area contributed by atoms with Crippen molar-refractivity contribution in [3.05, 3.63) is 89.6 Å². The van der Waals surface area contributed by atoms with E-state index < -0.39 is 0 Å². The number of hydrogen-bond acceptors (Lipinski definition) is 3. The molecule has 0 saturated heterocycles. The Balaban J connectivity index is 1.60. The molecule has 4 aromatic rings. The molecule has 0 atom stereocenters. The molecule has 2 aromatic heterocycles. The van der Waals surface area contributed by atoms with Crippen molar-refractivity contribution in [1.82, 2.24) is 19.7 Å². The molecule has 0 unspecified atom stereocenters. The Hall–Kier alpha value is -3.80. The van der Waals surface area contributed by atoms with Crippen LogP contribution < -0.4 is 0 Å². The molecular formula is C26H21FN4O. The first-order valence-corrected chi connectivity index (χ1v) is 10.7. The number of fused-ring (bicyclic) bond motifs is 4. The van der Waals surface area contributed by atoms with E-state index in [4.69, 9.17) is 5.10 Å². The average Bonchev–Trinajstić information content (AvgIpc) is 3.50. The van der Waals surface area contributed by atoms with Crippen LogP contribution in [0.25, 0.3) is 28.1 Å². The van der Waals surface area contributed by atoms with Crippen molar-refractivity contribution in [3.63, 3.8) is 0 Å². The lowest BCUT2D eigenvalue weighted by molar-refractivity contribution is 0.0704. The van der Waals surface area contributed by atoms with E-state index >= 15 is 0 Å². The minimum absolute atomic E-state index is 0.0760. The van der Waals surface area contributed by atoms with Gasteiger partial charge in [0.25, 0.3) is 5.91 Å². The van der Waals surface area contributed by atoms with Crippen LogP contribution in [0.2, 0.25) is 0 Å². The van der Waals surface area contributed by atoms with Crippen LogP contribution in [0.3, 0.4) is 0 Å². The van der Waals surface area contributed by atoms with E-state index in [0.29, 0.717) is 17.0 Å². The molecule has 0 bridgehead atoms. The van der Waals surface area contributed by atoms with Gasteiger partial charge < -0.3 is 4.90 Å². The summed E-state index contributed by atoms with van der Waals surface area (Å²) in [5.41, 5.74) is 6.39. The third kappa shape index (κ3) is 2.65. The SMILES string of the molecule is Cc1ncccc1-c1ccc2c(c1)-n1nc(-c3cccc(F)c3)cc1C(=O)N(C)C21CC1. The zero-order valence-corrected chi connectivity index (χ0v) is 17.8. The van der Waals surface area contributed by atoms with E-state index in [-0.39, 0.29) is 17.3 Å². The molecule has 0 radical (unpaired) electrons. The van der Waals surface area contributed by atoms with Gasteiger partial charge in [0.15, 0.2) is 0 Å². The highest BCUT2D eigenvalue weighted by molar-refractivity contribution is 5.96. The molecule has 1 aliphatic carbocycles.